The van der Waals surface area contributed by atoms with Gasteiger partial charge in [0, 0.05) is 11.6 Å². The average Bonchev–Trinajstić information content (AvgIpc) is 2.43. The van der Waals surface area contributed by atoms with E-state index >= 15 is 0 Å². The molecule has 5 heteroatoms. The van der Waals surface area contributed by atoms with E-state index in [1.165, 1.54) is 12.1 Å². The molecule has 0 bridgehead atoms. The molecule has 1 atom stereocenters. The second-order valence-electron chi connectivity index (χ2n) is 4.49. The lowest BCUT2D eigenvalue weighted by Crippen LogP contribution is -2.30. The highest BCUT2D eigenvalue weighted by Gasteiger charge is 2.19. The van der Waals surface area contributed by atoms with Gasteiger partial charge in [0.25, 0.3) is 0 Å². The SMILES string of the molecule is COc1ccc(C(NN)c2ccc(F)cc2F)c(C)c1. The molecule has 0 saturated carbocycles. The van der Waals surface area contributed by atoms with Crippen LogP contribution < -0.4 is 16.0 Å². The highest BCUT2D eigenvalue weighted by Crippen LogP contribution is 2.28. The van der Waals surface area contributed by atoms with Gasteiger partial charge >= 0.3 is 0 Å². The number of halogens is 2. The fraction of sp³-hybridized carbons (Fsp3) is 0.200. The average molecular weight is 278 g/mol. The number of hydrazine groups is 1. The molecular weight excluding hydrogens is 262 g/mol. The predicted octanol–water partition coefficient (Wildman–Crippen LogP) is 2.83. The molecule has 0 fully saturated rings. The summed E-state index contributed by atoms with van der Waals surface area (Å²) in [5.74, 6) is 5.00. The molecule has 1 unspecified atom stereocenters. The lowest BCUT2D eigenvalue weighted by molar-refractivity contribution is 0.414. The number of methoxy groups -OCH3 is 1. The van der Waals surface area contributed by atoms with Crippen molar-refractivity contribution >= 4 is 0 Å². The summed E-state index contributed by atoms with van der Waals surface area (Å²) in [7, 11) is 1.58. The van der Waals surface area contributed by atoms with Crippen molar-refractivity contribution in [1.29, 1.82) is 0 Å². The van der Waals surface area contributed by atoms with E-state index in [0.29, 0.717) is 11.3 Å². The van der Waals surface area contributed by atoms with Crippen LogP contribution in [0.2, 0.25) is 0 Å². The molecule has 0 aromatic heterocycles. The van der Waals surface area contributed by atoms with Gasteiger partial charge in [-0.1, -0.05) is 12.1 Å². The molecule has 0 heterocycles. The number of benzene rings is 2. The minimum Gasteiger partial charge on any atom is -0.497 e. The van der Waals surface area contributed by atoms with Crippen LogP contribution in [0.15, 0.2) is 36.4 Å². The Morgan fingerprint density at radius 3 is 2.35 bits per heavy atom. The monoisotopic (exact) mass is 278 g/mol. The summed E-state index contributed by atoms with van der Waals surface area (Å²) >= 11 is 0. The van der Waals surface area contributed by atoms with Gasteiger partial charge in [0.05, 0.1) is 13.2 Å². The van der Waals surface area contributed by atoms with Crippen LogP contribution >= 0.6 is 0 Å². The maximum absolute atomic E-state index is 13.9. The first kappa shape index (κ1) is 14.4. The first-order chi connectivity index (χ1) is 9.56. The summed E-state index contributed by atoms with van der Waals surface area (Å²) < 4.78 is 32.0. The third-order valence-electron chi connectivity index (χ3n) is 3.23. The summed E-state index contributed by atoms with van der Waals surface area (Å²) in [6, 6.07) is 8.30. The van der Waals surface area contributed by atoms with Crippen LogP contribution in [0.4, 0.5) is 8.78 Å². The zero-order valence-electron chi connectivity index (χ0n) is 11.3. The van der Waals surface area contributed by atoms with Crippen LogP contribution in [0.25, 0.3) is 0 Å². The Balaban J connectivity index is 2.47. The number of aryl methyl sites for hydroxylation is 1. The van der Waals surface area contributed by atoms with E-state index in [9.17, 15) is 8.78 Å². The standard InChI is InChI=1S/C15H16F2N2O/c1-9-7-11(20-2)4-6-12(9)15(19-18)13-5-3-10(16)8-14(13)17/h3-8,15,19H,18H2,1-2H3. The van der Waals surface area contributed by atoms with Gasteiger partial charge in [-0.2, -0.15) is 0 Å². The summed E-state index contributed by atoms with van der Waals surface area (Å²) in [6.45, 7) is 1.88. The molecule has 106 valence electrons. The number of hydrogen-bond acceptors (Lipinski definition) is 3. The highest BCUT2D eigenvalue weighted by molar-refractivity contribution is 5.41. The zero-order chi connectivity index (χ0) is 14.7. The van der Waals surface area contributed by atoms with Gasteiger partial charge in [-0.05, 0) is 36.2 Å². The molecule has 0 radical (unpaired) electrons. The van der Waals surface area contributed by atoms with Crippen molar-refractivity contribution in [3.05, 3.63) is 64.7 Å². The van der Waals surface area contributed by atoms with E-state index in [-0.39, 0.29) is 0 Å². The quantitative estimate of drug-likeness (QED) is 0.668. The second kappa shape index (κ2) is 5.98. The number of nitrogens with two attached hydrogens (primary N) is 1. The Labute approximate surface area is 116 Å². The Morgan fingerprint density at radius 2 is 1.80 bits per heavy atom. The van der Waals surface area contributed by atoms with E-state index < -0.39 is 17.7 Å². The molecule has 3 nitrogen and oxygen atoms in total. The number of hydrogen-bond donors (Lipinski definition) is 2. The first-order valence-electron chi connectivity index (χ1n) is 6.12. The summed E-state index contributed by atoms with van der Waals surface area (Å²) in [5.41, 5.74) is 4.57. The maximum Gasteiger partial charge on any atom is 0.131 e. The van der Waals surface area contributed by atoms with Crippen LogP contribution in [0.5, 0.6) is 5.75 Å². The maximum atomic E-state index is 13.9. The van der Waals surface area contributed by atoms with Crippen LogP contribution in [-0.2, 0) is 0 Å². The Kier molecular flexibility index (Phi) is 4.32. The molecule has 3 N–H and O–H groups in total. The minimum atomic E-state index is -0.636. The first-order valence-corrected chi connectivity index (χ1v) is 6.12. The molecule has 0 saturated heterocycles. The van der Waals surface area contributed by atoms with Gasteiger partial charge in [0.2, 0.25) is 0 Å². The molecule has 2 rings (SSSR count). The Bertz CT molecular complexity index is 617. The van der Waals surface area contributed by atoms with Gasteiger partial charge < -0.3 is 4.74 Å². The predicted molar refractivity (Wildman–Crippen MR) is 73.3 cm³/mol. The van der Waals surface area contributed by atoms with Crippen molar-refractivity contribution in [2.45, 2.75) is 13.0 Å². The van der Waals surface area contributed by atoms with Crippen LogP contribution in [0.1, 0.15) is 22.7 Å². The van der Waals surface area contributed by atoms with E-state index in [1.807, 2.05) is 19.1 Å². The van der Waals surface area contributed by atoms with Crippen molar-refractivity contribution in [1.82, 2.24) is 5.43 Å². The number of rotatable bonds is 4. The van der Waals surface area contributed by atoms with Crippen molar-refractivity contribution in [3.63, 3.8) is 0 Å². The topological polar surface area (TPSA) is 47.3 Å². The highest BCUT2D eigenvalue weighted by atomic mass is 19.1. The summed E-state index contributed by atoms with van der Waals surface area (Å²) in [6.07, 6.45) is 0. The lowest BCUT2D eigenvalue weighted by Gasteiger charge is -2.20. The van der Waals surface area contributed by atoms with Crippen molar-refractivity contribution in [3.8, 4) is 5.75 Å². The molecule has 0 spiro atoms. The summed E-state index contributed by atoms with van der Waals surface area (Å²) in [4.78, 5) is 0. The number of nitrogens with one attached hydrogen (secondary N) is 1. The fourth-order valence-corrected chi connectivity index (χ4v) is 2.18. The molecule has 2 aromatic carbocycles. The van der Waals surface area contributed by atoms with E-state index in [2.05, 4.69) is 5.43 Å². The third-order valence-corrected chi connectivity index (χ3v) is 3.23. The third kappa shape index (κ3) is 2.79. The van der Waals surface area contributed by atoms with Crippen LogP contribution in [-0.4, -0.2) is 7.11 Å². The molecule has 0 amide bonds. The minimum absolute atomic E-state index is 0.294. The van der Waals surface area contributed by atoms with E-state index in [1.54, 1.807) is 13.2 Å². The van der Waals surface area contributed by atoms with Gasteiger partial charge in [-0.3, -0.25) is 5.84 Å². The van der Waals surface area contributed by atoms with Crippen LogP contribution in [0, 0.1) is 18.6 Å². The fourth-order valence-electron chi connectivity index (χ4n) is 2.18. The van der Waals surface area contributed by atoms with Crippen LogP contribution in [0.3, 0.4) is 0 Å². The van der Waals surface area contributed by atoms with Gasteiger partial charge in [-0.25, -0.2) is 14.2 Å². The molecule has 2 aromatic rings. The molecule has 0 aliphatic carbocycles. The second-order valence-corrected chi connectivity index (χ2v) is 4.49. The Morgan fingerprint density at radius 1 is 1.10 bits per heavy atom. The number of ether oxygens (including phenoxy) is 1. The van der Waals surface area contributed by atoms with E-state index in [4.69, 9.17) is 10.6 Å². The summed E-state index contributed by atoms with van der Waals surface area (Å²) in [5, 5.41) is 0. The van der Waals surface area contributed by atoms with Crippen molar-refractivity contribution in [2.75, 3.05) is 7.11 Å². The largest absolute Gasteiger partial charge is 0.497 e. The van der Waals surface area contributed by atoms with Gasteiger partial charge in [0.1, 0.15) is 17.4 Å². The zero-order valence-corrected chi connectivity index (χ0v) is 11.3. The Hall–Kier alpha value is -1.98. The lowest BCUT2D eigenvalue weighted by atomic mass is 9.95. The van der Waals surface area contributed by atoms with Crippen molar-refractivity contribution < 1.29 is 13.5 Å². The van der Waals surface area contributed by atoms with E-state index in [0.717, 1.165) is 17.2 Å². The smallest absolute Gasteiger partial charge is 0.131 e. The normalized spacial score (nSPS) is 12.2. The van der Waals surface area contributed by atoms with Gasteiger partial charge in [0.15, 0.2) is 0 Å². The molecule has 0 aliphatic rings. The molecule has 20 heavy (non-hydrogen) atoms. The molecule has 0 aliphatic heterocycles. The molecular formula is C15H16F2N2O. The van der Waals surface area contributed by atoms with Gasteiger partial charge in [-0.15, -0.1) is 0 Å². The van der Waals surface area contributed by atoms with Crippen molar-refractivity contribution in [2.24, 2.45) is 5.84 Å².